The molecule has 3 atom stereocenters. The average Bonchev–Trinajstić information content (AvgIpc) is 2.72. The topological polar surface area (TPSA) is 15.3 Å². The second-order valence-electron chi connectivity index (χ2n) is 6.62. The van der Waals surface area contributed by atoms with Gasteiger partial charge in [0.2, 0.25) is 0 Å². The molecular formula is C16H32N2. The summed E-state index contributed by atoms with van der Waals surface area (Å²) < 4.78 is 0. The molecule has 2 fully saturated rings. The zero-order valence-corrected chi connectivity index (χ0v) is 12.5. The molecule has 2 aliphatic rings. The highest BCUT2D eigenvalue weighted by Crippen LogP contribution is 2.29. The molecule has 0 bridgehead atoms. The van der Waals surface area contributed by atoms with Crippen LogP contribution in [0, 0.1) is 11.8 Å². The van der Waals surface area contributed by atoms with Crippen molar-refractivity contribution in [2.45, 2.75) is 64.8 Å². The Kier molecular flexibility index (Phi) is 5.97. The molecule has 0 amide bonds. The number of hydrogen-bond acceptors (Lipinski definition) is 2. The monoisotopic (exact) mass is 252 g/mol. The molecule has 2 nitrogen and oxygen atoms in total. The van der Waals surface area contributed by atoms with Crippen LogP contribution < -0.4 is 5.32 Å². The van der Waals surface area contributed by atoms with Gasteiger partial charge < -0.3 is 10.2 Å². The molecule has 0 aromatic carbocycles. The standard InChI is InChI=1S/C16H32N2/c1-3-10-17-12-15-9-11-18(13-15)16-6-4-5-14(2)7-8-16/h14-17H,3-13H2,1-2H3. The van der Waals surface area contributed by atoms with Gasteiger partial charge in [-0.2, -0.15) is 0 Å². The van der Waals surface area contributed by atoms with Crippen LogP contribution in [-0.2, 0) is 0 Å². The van der Waals surface area contributed by atoms with Crippen LogP contribution in [0.5, 0.6) is 0 Å². The van der Waals surface area contributed by atoms with Crippen molar-refractivity contribution in [2.24, 2.45) is 11.8 Å². The second kappa shape index (κ2) is 7.49. The highest BCUT2D eigenvalue weighted by molar-refractivity contribution is 4.84. The maximum Gasteiger partial charge on any atom is 0.00954 e. The lowest BCUT2D eigenvalue weighted by Gasteiger charge is -2.27. The summed E-state index contributed by atoms with van der Waals surface area (Å²) in [4.78, 5) is 2.80. The summed E-state index contributed by atoms with van der Waals surface area (Å²) in [7, 11) is 0. The van der Waals surface area contributed by atoms with Crippen LogP contribution in [0.25, 0.3) is 0 Å². The van der Waals surface area contributed by atoms with E-state index in [4.69, 9.17) is 0 Å². The molecule has 0 aromatic heterocycles. The van der Waals surface area contributed by atoms with Crippen LogP contribution in [0.1, 0.15) is 58.8 Å². The summed E-state index contributed by atoms with van der Waals surface area (Å²) in [5.74, 6) is 1.89. The third-order valence-electron chi connectivity index (χ3n) is 4.92. The summed E-state index contributed by atoms with van der Waals surface area (Å²) in [6, 6.07) is 0.908. The van der Waals surface area contributed by atoms with E-state index in [9.17, 15) is 0 Å². The van der Waals surface area contributed by atoms with Crippen LogP contribution in [0.4, 0.5) is 0 Å². The minimum absolute atomic E-state index is 0.908. The number of hydrogen-bond donors (Lipinski definition) is 1. The molecular weight excluding hydrogens is 220 g/mol. The minimum atomic E-state index is 0.908. The molecule has 0 spiro atoms. The summed E-state index contributed by atoms with van der Waals surface area (Å²) in [6.45, 7) is 9.84. The van der Waals surface area contributed by atoms with Gasteiger partial charge in [0.1, 0.15) is 0 Å². The summed E-state index contributed by atoms with van der Waals surface area (Å²) >= 11 is 0. The van der Waals surface area contributed by atoms with Crippen LogP contribution in [0.2, 0.25) is 0 Å². The maximum absolute atomic E-state index is 3.59. The van der Waals surface area contributed by atoms with E-state index in [1.807, 2.05) is 0 Å². The molecule has 1 aliphatic carbocycles. The Hall–Kier alpha value is -0.0800. The summed E-state index contributed by atoms with van der Waals surface area (Å²) in [5.41, 5.74) is 0. The fourth-order valence-corrected chi connectivity index (χ4v) is 3.68. The van der Waals surface area contributed by atoms with Gasteiger partial charge >= 0.3 is 0 Å². The van der Waals surface area contributed by atoms with Crippen molar-refractivity contribution < 1.29 is 0 Å². The second-order valence-corrected chi connectivity index (χ2v) is 6.62. The molecule has 106 valence electrons. The quantitative estimate of drug-likeness (QED) is 0.597. The van der Waals surface area contributed by atoms with E-state index < -0.39 is 0 Å². The minimum Gasteiger partial charge on any atom is -0.316 e. The lowest BCUT2D eigenvalue weighted by Crippen LogP contribution is -2.34. The maximum atomic E-state index is 3.59. The lowest BCUT2D eigenvalue weighted by atomic mass is 10.0. The molecule has 1 saturated heterocycles. The van der Waals surface area contributed by atoms with E-state index in [1.54, 1.807) is 0 Å². The zero-order valence-electron chi connectivity index (χ0n) is 12.5. The van der Waals surface area contributed by atoms with Crippen molar-refractivity contribution in [1.29, 1.82) is 0 Å². The largest absolute Gasteiger partial charge is 0.316 e. The van der Waals surface area contributed by atoms with Crippen molar-refractivity contribution >= 4 is 0 Å². The predicted octanol–water partition coefficient (Wildman–Crippen LogP) is 3.28. The Morgan fingerprint density at radius 1 is 1.11 bits per heavy atom. The Balaban J connectivity index is 1.70. The van der Waals surface area contributed by atoms with E-state index in [1.165, 1.54) is 71.1 Å². The van der Waals surface area contributed by atoms with Crippen LogP contribution in [0.15, 0.2) is 0 Å². The normalized spacial score (nSPS) is 34.7. The van der Waals surface area contributed by atoms with E-state index in [-0.39, 0.29) is 0 Å². The Labute approximate surface area is 114 Å². The average molecular weight is 252 g/mol. The lowest BCUT2D eigenvalue weighted by molar-refractivity contribution is 0.211. The molecule has 0 aromatic rings. The number of nitrogens with zero attached hydrogens (tertiary/aromatic N) is 1. The first-order valence-electron chi connectivity index (χ1n) is 8.24. The van der Waals surface area contributed by atoms with Crippen molar-refractivity contribution in [1.82, 2.24) is 10.2 Å². The van der Waals surface area contributed by atoms with Gasteiger partial charge in [0.15, 0.2) is 0 Å². The smallest absolute Gasteiger partial charge is 0.00954 e. The SMILES string of the molecule is CCCNCC1CCN(C2CCCC(C)CC2)C1. The molecule has 2 heteroatoms. The van der Waals surface area contributed by atoms with Crippen LogP contribution >= 0.6 is 0 Å². The Bertz CT molecular complexity index is 229. The molecule has 1 saturated carbocycles. The first kappa shape index (κ1) is 14.3. The summed E-state index contributed by atoms with van der Waals surface area (Å²) in [6.07, 6.45) is 9.97. The Morgan fingerprint density at radius 3 is 2.83 bits per heavy atom. The molecule has 2 rings (SSSR count). The zero-order chi connectivity index (χ0) is 12.8. The first-order chi connectivity index (χ1) is 8.79. The van der Waals surface area contributed by atoms with Gasteiger partial charge in [-0.05, 0) is 63.6 Å². The van der Waals surface area contributed by atoms with E-state index in [0.29, 0.717) is 0 Å². The molecule has 0 radical (unpaired) electrons. The highest BCUT2D eigenvalue weighted by Gasteiger charge is 2.28. The number of likely N-dealkylation sites (tertiary alicyclic amines) is 1. The fraction of sp³-hybridized carbons (Fsp3) is 1.00. The van der Waals surface area contributed by atoms with Gasteiger partial charge in [-0.1, -0.05) is 26.7 Å². The molecule has 1 N–H and O–H groups in total. The van der Waals surface area contributed by atoms with E-state index >= 15 is 0 Å². The highest BCUT2D eigenvalue weighted by atomic mass is 15.2. The van der Waals surface area contributed by atoms with Crippen LogP contribution in [-0.4, -0.2) is 37.1 Å². The molecule has 1 heterocycles. The van der Waals surface area contributed by atoms with Gasteiger partial charge in [-0.3, -0.25) is 0 Å². The van der Waals surface area contributed by atoms with Crippen molar-refractivity contribution in [2.75, 3.05) is 26.2 Å². The van der Waals surface area contributed by atoms with E-state index in [0.717, 1.165) is 17.9 Å². The summed E-state index contributed by atoms with van der Waals surface area (Å²) in [5, 5.41) is 3.59. The van der Waals surface area contributed by atoms with Gasteiger partial charge in [-0.15, -0.1) is 0 Å². The third kappa shape index (κ3) is 4.24. The van der Waals surface area contributed by atoms with Gasteiger partial charge in [-0.25, -0.2) is 0 Å². The van der Waals surface area contributed by atoms with Crippen molar-refractivity contribution in [3.05, 3.63) is 0 Å². The molecule has 3 unspecified atom stereocenters. The number of nitrogens with one attached hydrogen (secondary N) is 1. The van der Waals surface area contributed by atoms with E-state index in [2.05, 4.69) is 24.1 Å². The first-order valence-corrected chi connectivity index (χ1v) is 8.24. The van der Waals surface area contributed by atoms with Crippen LogP contribution in [0.3, 0.4) is 0 Å². The van der Waals surface area contributed by atoms with Crippen molar-refractivity contribution in [3.8, 4) is 0 Å². The Morgan fingerprint density at radius 2 is 2.00 bits per heavy atom. The van der Waals surface area contributed by atoms with Gasteiger partial charge in [0.25, 0.3) is 0 Å². The molecule has 18 heavy (non-hydrogen) atoms. The molecule has 1 aliphatic heterocycles. The van der Waals surface area contributed by atoms with Gasteiger partial charge in [0, 0.05) is 12.6 Å². The van der Waals surface area contributed by atoms with Gasteiger partial charge in [0.05, 0.1) is 0 Å². The predicted molar refractivity (Wildman–Crippen MR) is 78.9 cm³/mol. The number of rotatable bonds is 5. The fourth-order valence-electron chi connectivity index (χ4n) is 3.68. The third-order valence-corrected chi connectivity index (χ3v) is 4.92. The van der Waals surface area contributed by atoms with Crippen molar-refractivity contribution in [3.63, 3.8) is 0 Å².